The van der Waals surface area contributed by atoms with Crippen LogP contribution in [0.4, 0.5) is 10.5 Å². The summed E-state index contributed by atoms with van der Waals surface area (Å²) in [5.74, 6) is -0.482. The number of methoxy groups -OCH3 is 1. The molecule has 2 amide bonds. The van der Waals surface area contributed by atoms with Gasteiger partial charge in [-0.15, -0.1) is 0 Å². The van der Waals surface area contributed by atoms with Crippen LogP contribution in [-0.2, 0) is 9.53 Å². The number of fused-ring (bicyclic) bond motifs is 1. The summed E-state index contributed by atoms with van der Waals surface area (Å²) in [6.07, 6.45) is 0. The molecular weight excluding hydrogens is 256 g/mol. The molecule has 0 saturated heterocycles. The predicted octanol–water partition coefficient (Wildman–Crippen LogP) is 2.27. The predicted molar refractivity (Wildman–Crippen MR) is 76.8 cm³/mol. The monoisotopic (exact) mass is 276 g/mol. The average molecular weight is 276 g/mol. The lowest BCUT2D eigenvalue weighted by atomic mass is 9.97. The van der Waals surface area contributed by atoms with Gasteiger partial charge in [-0.05, 0) is 25.5 Å². The van der Waals surface area contributed by atoms with Crippen LogP contribution in [0.5, 0.6) is 0 Å². The molecule has 1 aromatic carbocycles. The van der Waals surface area contributed by atoms with E-state index in [1.54, 1.807) is 0 Å². The Hall–Kier alpha value is -2.04. The van der Waals surface area contributed by atoms with Gasteiger partial charge >= 0.3 is 12.0 Å². The number of nitrogens with one attached hydrogen (secondary N) is 1. The second-order valence-electron chi connectivity index (χ2n) is 5.29. The molecular formula is C15H20N2O3. The number of amides is 2. The Labute approximate surface area is 118 Å². The maximum absolute atomic E-state index is 12.4. The van der Waals surface area contributed by atoms with Crippen LogP contribution < -0.4 is 10.2 Å². The number of esters is 1. The Morgan fingerprint density at radius 1 is 1.30 bits per heavy atom. The molecule has 0 bridgehead atoms. The van der Waals surface area contributed by atoms with Gasteiger partial charge in [0.15, 0.2) is 0 Å². The van der Waals surface area contributed by atoms with Gasteiger partial charge in [-0.3, -0.25) is 4.90 Å². The maximum Gasteiger partial charge on any atom is 0.329 e. The molecule has 108 valence electrons. The molecule has 5 heteroatoms. The lowest BCUT2D eigenvalue weighted by Crippen LogP contribution is -2.50. The summed E-state index contributed by atoms with van der Waals surface area (Å²) in [5, 5.41) is 2.83. The number of ether oxygens (including phenoxy) is 1. The van der Waals surface area contributed by atoms with E-state index in [1.165, 1.54) is 12.0 Å². The van der Waals surface area contributed by atoms with E-state index in [-0.39, 0.29) is 18.0 Å². The van der Waals surface area contributed by atoms with Gasteiger partial charge < -0.3 is 10.1 Å². The maximum atomic E-state index is 12.4. The first kappa shape index (κ1) is 14.4. The van der Waals surface area contributed by atoms with Gasteiger partial charge in [0.1, 0.15) is 6.04 Å². The van der Waals surface area contributed by atoms with Crippen LogP contribution in [0.2, 0.25) is 0 Å². The third-order valence-corrected chi connectivity index (χ3v) is 3.51. The van der Waals surface area contributed by atoms with Crippen molar-refractivity contribution in [3.8, 4) is 0 Å². The number of urea groups is 1. The molecule has 1 aliphatic rings. The van der Waals surface area contributed by atoms with Crippen molar-refractivity contribution in [3.05, 3.63) is 29.8 Å². The number of carbonyl (C=O) groups is 2. The Morgan fingerprint density at radius 2 is 1.95 bits per heavy atom. The van der Waals surface area contributed by atoms with Crippen LogP contribution in [0.25, 0.3) is 0 Å². The first-order valence-corrected chi connectivity index (χ1v) is 6.73. The Morgan fingerprint density at radius 3 is 2.55 bits per heavy atom. The summed E-state index contributed by atoms with van der Waals surface area (Å²) >= 11 is 0. The SMILES string of the molecule is COC(=O)C1C(C)c2ccccc2N1C(=O)NC(C)C. The fourth-order valence-corrected chi connectivity index (χ4v) is 2.62. The fourth-order valence-electron chi connectivity index (χ4n) is 2.62. The van der Waals surface area contributed by atoms with Crippen molar-refractivity contribution in [2.45, 2.75) is 38.8 Å². The van der Waals surface area contributed by atoms with Crippen LogP contribution in [-0.4, -0.2) is 31.2 Å². The van der Waals surface area contributed by atoms with E-state index < -0.39 is 12.0 Å². The molecule has 0 spiro atoms. The van der Waals surface area contributed by atoms with Crippen molar-refractivity contribution in [2.24, 2.45) is 0 Å². The van der Waals surface area contributed by atoms with Crippen molar-refractivity contribution in [3.63, 3.8) is 0 Å². The molecule has 1 aliphatic heterocycles. The van der Waals surface area contributed by atoms with Crippen LogP contribution in [0.3, 0.4) is 0 Å². The fraction of sp³-hybridized carbons (Fsp3) is 0.467. The van der Waals surface area contributed by atoms with Crippen molar-refractivity contribution in [2.75, 3.05) is 12.0 Å². The molecule has 1 heterocycles. The summed E-state index contributed by atoms with van der Waals surface area (Å²) in [6.45, 7) is 5.70. The van der Waals surface area contributed by atoms with E-state index >= 15 is 0 Å². The Kier molecular flexibility index (Phi) is 3.97. The first-order valence-electron chi connectivity index (χ1n) is 6.73. The summed E-state index contributed by atoms with van der Waals surface area (Å²) in [5.41, 5.74) is 1.76. The Bertz CT molecular complexity index is 528. The highest BCUT2D eigenvalue weighted by atomic mass is 16.5. The summed E-state index contributed by atoms with van der Waals surface area (Å²) in [6, 6.07) is 6.69. The smallest absolute Gasteiger partial charge is 0.329 e. The minimum Gasteiger partial charge on any atom is -0.467 e. The van der Waals surface area contributed by atoms with Crippen LogP contribution in [0.15, 0.2) is 24.3 Å². The lowest BCUT2D eigenvalue weighted by Gasteiger charge is -2.26. The lowest BCUT2D eigenvalue weighted by molar-refractivity contribution is -0.142. The van der Waals surface area contributed by atoms with Crippen molar-refractivity contribution in [1.29, 1.82) is 0 Å². The molecule has 0 fully saturated rings. The number of hydrogen-bond donors (Lipinski definition) is 1. The van der Waals surface area contributed by atoms with E-state index in [9.17, 15) is 9.59 Å². The molecule has 5 nitrogen and oxygen atoms in total. The van der Waals surface area contributed by atoms with E-state index in [2.05, 4.69) is 5.32 Å². The van der Waals surface area contributed by atoms with Crippen molar-refractivity contribution in [1.82, 2.24) is 5.32 Å². The second-order valence-corrected chi connectivity index (χ2v) is 5.29. The van der Waals surface area contributed by atoms with Gasteiger partial charge in [-0.2, -0.15) is 0 Å². The molecule has 2 rings (SSSR count). The standard InChI is InChI=1S/C15H20N2O3/c1-9(2)16-15(19)17-12-8-6-5-7-11(12)10(3)13(17)14(18)20-4/h5-10,13H,1-4H3,(H,16,19). The number of para-hydroxylation sites is 1. The normalized spacial score (nSPS) is 20.8. The molecule has 20 heavy (non-hydrogen) atoms. The minimum atomic E-state index is -0.615. The van der Waals surface area contributed by atoms with E-state index in [0.29, 0.717) is 0 Å². The molecule has 0 radical (unpaired) electrons. The van der Waals surface area contributed by atoms with Crippen LogP contribution >= 0.6 is 0 Å². The molecule has 2 unspecified atom stereocenters. The number of rotatable bonds is 2. The van der Waals surface area contributed by atoms with Gasteiger partial charge in [-0.25, -0.2) is 9.59 Å². The van der Waals surface area contributed by atoms with Crippen LogP contribution in [0, 0.1) is 0 Å². The number of nitrogens with zero attached hydrogens (tertiary/aromatic N) is 1. The van der Waals surface area contributed by atoms with E-state index in [4.69, 9.17) is 4.74 Å². The van der Waals surface area contributed by atoms with E-state index in [0.717, 1.165) is 11.3 Å². The number of benzene rings is 1. The van der Waals surface area contributed by atoms with Crippen LogP contribution in [0.1, 0.15) is 32.3 Å². The zero-order chi connectivity index (χ0) is 14.9. The largest absolute Gasteiger partial charge is 0.467 e. The molecule has 0 saturated carbocycles. The number of hydrogen-bond acceptors (Lipinski definition) is 3. The van der Waals surface area contributed by atoms with Gasteiger partial charge in [0.2, 0.25) is 0 Å². The third-order valence-electron chi connectivity index (χ3n) is 3.51. The summed E-state index contributed by atoms with van der Waals surface area (Å²) in [4.78, 5) is 26.0. The molecule has 0 aliphatic carbocycles. The van der Waals surface area contributed by atoms with Gasteiger partial charge in [0.05, 0.1) is 12.8 Å². The van der Waals surface area contributed by atoms with Gasteiger partial charge in [0, 0.05) is 12.0 Å². The number of anilines is 1. The molecule has 0 aromatic heterocycles. The molecule has 1 N–H and O–H groups in total. The first-order chi connectivity index (χ1) is 9.47. The van der Waals surface area contributed by atoms with E-state index in [1.807, 2.05) is 45.0 Å². The molecule has 2 atom stereocenters. The van der Waals surface area contributed by atoms with Crippen molar-refractivity contribution >= 4 is 17.7 Å². The van der Waals surface area contributed by atoms with Gasteiger partial charge in [0.25, 0.3) is 0 Å². The topological polar surface area (TPSA) is 58.6 Å². The number of carbonyl (C=O) groups excluding carboxylic acids is 2. The summed E-state index contributed by atoms with van der Waals surface area (Å²) in [7, 11) is 1.34. The second kappa shape index (κ2) is 5.53. The molecule has 1 aromatic rings. The quantitative estimate of drug-likeness (QED) is 0.843. The highest BCUT2D eigenvalue weighted by Crippen LogP contribution is 2.41. The summed E-state index contributed by atoms with van der Waals surface area (Å²) < 4.78 is 4.86. The average Bonchev–Trinajstić information content (AvgIpc) is 2.71. The Balaban J connectivity index is 2.43. The highest BCUT2D eigenvalue weighted by Gasteiger charge is 2.44. The van der Waals surface area contributed by atoms with Gasteiger partial charge in [-0.1, -0.05) is 25.1 Å². The van der Waals surface area contributed by atoms with Crippen molar-refractivity contribution < 1.29 is 14.3 Å². The zero-order valence-electron chi connectivity index (χ0n) is 12.2. The minimum absolute atomic E-state index is 0.00358. The zero-order valence-corrected chi connectivity index (χ0v) is 12.2. The highest BCUT2D eigenvalue weighted by molar-refractivity contribution is 6.02. The third kappa shape index (κ3) is 2.35.